The van der Waals surface area contributed by atoms with Crippen LogP contribution in [0.3, 0.4) is 0 Å². The van der Waals surface area contributed by atoms with Crippen LogP contribution in [0.1, 0.15) is 123 Å². The van der Waals surface area contributed by atoms with E-state index < -0.39 is 11.2 Å². The number of halogens is 1. The first kappa shape index (κ1) is 27.4. The Balaban J connectivity index is 0. The lowest BCUT2D eigenvalue weighted by Crippen LogP contribution is -2.34. The third kappa shape index (κ3) is 20.3. The number of hydrogen-bond donors (Lipinski definition) is 3. The SMILES string of the molecule is CCCCCCCCCCCCCCCCCCC(Cl)C(C)(O)O.N. The summed E-state index contributed by atoms with van der Waals surface area (Å²) in [5, 5.41) is 18.1. The van der Waals surface area contributed by atoms with Crippen LogP contribution in [0.4, 0.5) is 0 Å². The van der Waals surface area contributed by atoms with Crippen molar-refractivity contribution in [1.29, 1.82) is 0 Å². The molecule has 0 aromatic carbocycles. The van der Waals surface area contributed by atoms with Crippen LogP contribution >= 0.6 is 11.6 Å². The molecule has 0 aliphatic heterocycles. The molecule has 0 bridgehead atoms. The van der Waals surface area contributed by atoms with E-state index in [9.17, 15) is 10.2 Å². The van der Waals surface area contributed by atoms with Gasteiger partial charge in [0.15, 0.2) is 5.79 Å². The molecule has 154 valence electrons. The molecule has 0 amide bonds. The number of rotatable bonds is 18. The minimum atomic E-state index is -1.74. The first-order chi connectivity index (χ1) is 11.5. The lowest BCUT2D eigenvalue weighted by molar-refractivity contribution is -0.146. The van der Waals surface area contributed by atoms with Crippen LogP contribution in [-0.2, 0) is 0 Å². The monoisotopic (exact) mass is 379 g/mol. The van der Waals surface area contributed by atoms with Crippen molar-refractivity contribution in [1.82, 2.24) is 6.15 Å². The fraction of sp³-hybridized carbons (Fsp3) is 1.00. The Bertz CT molecular complexity index is 257. The Morgan fingerprint density at radius 3 is 1.20 bits per heavy atom. The van der Waals surface area contributed by atoms with E-state index in [1.54, 1.807) is 0 Å². The summed E-state index contributed by atoms with van der Waals surface area (Å²) in [6, 6.07) is 0. The molecule has 0 aromatic heterocycles. The summed E-state index contributed by atoms with van der Waals surface area (Å²) >= 11 is 5.92. The predicted molar refractivity (Wildman–Crippen MR) is 112 cm³/mol. The first-order valence-electron chi connectivity index (χ1n) is 10.6. The van der Waals surface area contributed by atoms with E-state index in [0.717, 1.165) is 12.8 Å². The molecule has 3 nitrogen and oxygen atoms in total. The summed E-state index contributed by atoms with van der Waals surface area (Å²) in [5.74, 6) is -1.74. The molecule has 0 rings (SSSR count). The molecule has 0 spiro atoms. The van der Waals surface area contributed by atoms with E-state index >= 15 is 0 Å². The molecule has 0 saturated heterocycles. The second-order valence-electron chi connectivity index (χ2n) is 7.65. The fourth-order valence-electron chi connectivity index (χ4n) is 3.15. The van der Waals surface area contributed by atoms with Gasteiger partial charge in [0.25, 0.3) is 0 Å². The molecule has 0 aromatic rings. The van der Waals surface area contributed by atoms with Gasteiger partial charge in [0, 0.05) is 0 Å². The first-order valence-corrected chi connectivity index (χ1v) is 11.0. The van der Waals surface area contributed by atoms with Crippen molar-refractivity contribution >= 4 is 11.6 Å². The van der Waals surface area contributed by atoms with Gasteiger partial charge in [-0.15, -0.1) is 11.6 Å². The highest BCUT2D eigenvalue weighted by molar-refractivity contribution is 6.21. The maximum absolute atomic E-state index is 9.34. The van der Waals surface area contributed by atoms with Crippen LogP contribution in [0.5, 0.6) is 0 Å². The van der Waals surface area contributed by atoms with E-state index in [1.807, 2.05) is 0 Å². The molecule has 4 heteroatoms. The molecule has 0 aliphatic rings. The average molecular weight is 380 g/mol. The van der Waals surface area contributed by atoms with Gasteiger partial charge in [0.2, 0.25) is 0 Å². The maximum Gasteiger partial charge on any atom is 0.176 e. The van der Waals surface area contributed by atoms with Gasteiger partial charge in [0.05, 0.1) is 5.38 Å². The van der Waals surface area contributed by atoms with Gasteiger partial charge < -0.3 is 16.4 Å². The van der Waals surface area contributed by atoms with Crippen molar-refractivity contribution in [3.8, 4) is 0 Å². The largest absolute Gasteiger partial charge is 0.365 e. The molecule has 25 heavy (non-hydrogen) atoms. The van der Waals surface area contributed by atoms with Crippen molar-refractivity contribution in [3.63, 3.8) is 0 Å². The van der Waals surface area contributed by atoms with Crippen LogP contribution in [0, 0.1) is 0 Å². The standard InChI is InChI=1S/C21H43ClO2.H3N/c1-3-4-5-6-7-8-9-10-11-12-13-14-15-16-17-18-19-20(22)21(2,23)24;/h20,23-24H,3-19H2,1-2H3;1H3. The second-order valence-corrected chi connectivity index (χ2v) is 8.18. The van der Waals surface area contributed by atoms with Crippen molar-refractivity contribution in [2.24, 2.45) is 0 Å². The third-order valence-electron chi connectivity index (χ3n) is 4.90. The minimum Gasteiger partial charge on any atom is -0.365 e. The van der Waals surface area contributed by atoms with E-state index in [0.29, 0.717) is 6.42 Å². The predicted octanol–water partition coefficient (Wildman–Crippen LogP) is 7.11. The van der Waals surface area contributed by atoms with Crippen LogP contribution < -0.4 is 6.15 Å². The highest BCUT2D eigenvalue weighted by Gasteiger charge is 2.26. The van der Waals surface area contributed by atoms with E-state index in [4.69, 9.17) is 11.6 Å². The van der Waals surface area contributed by atoms with Crippen molar-refractivity contribution < 1.29 is 10.2 Å². The summed E-state index contributed by atoms with van der Waals surface area (Å²) in [7, 11) is 0. The summed E-state index contributed by atoms with van der Waals surface area (Å²) in [6.45, 7) is 3.63. The Kier molecular flexibility index (Phi) is 20.8. The Morgan fingerprint density at radius 2 is 0.920 bits per heavy atom. The third-order valence-corrected chi connectivity index (χ3v) is 5.54. The molecule has 0 saturated carbocycles. The van der Waals surface area contributed by atoms with E-state index in [1.165, 1.54) is 96.8 Å². The summed E-state index contributed by atoms with van der Waals surface area (Å²) < 4.78 is 0. The number of hydrogen-bond acceptors (Lipinski definition) is 3. The zero-order chi connectivity index (χ0) is 18.1. The van der Waals surface area contributed by atoms with Crippen LogP contribution in [0.15, 0.2) is 0 Å². The summed E-state index contributed by atoms with van der Waals surface area (Å²) in [4.78, 5) is 0. The topological polar surface area (TPSA) is 75.5 Å². The van der Waals surface area contributed by atoms with Crippen LogP contribution in [0.2, 0.25) is 0 Å². The molecule has 0 aliphatic carbocycles. The Morgan fingerprint density at radius 1 is 0.640 bits per heavy atom. The fourth-order valence-corrected chi connectivity index (χ4v) is 3.30. The molecule has 1 atom stereocenters. The minimum absolute atomic E-state index is 0. The smallest absolute Gasteiger partial charge is 0.176 e. The summed E-state index contributed by atoms with van der Waals surface area (Å²) in [5.41, 5.74) is 0. The van der Waals surface area contributed by atoms with E-state index in [-0.39, 0.29) is 6.15 Å². The maximum atomic E-state index is 9.34. The molecule has 1 unspecified atom stereocenters. The zero-order valence-electron chi connectivity index (χ0n) is 17.1. The highest BCUT2D eigenvalue weighted by atomic mass is 35.5. The van der Waals surface area contributed by atoms with Crippen molar-refractivity contribution in [2.75, 3.05) is 0 Å². The number of aliphatic hydroxyl groups is 2. The molecule has 5 N–H and O–H groups in total. The van der Waals surface area contributed by atoms with E-state index in [2.05, 4.69) is 6.92 Å². The molecule has 0 fully saturated rings. The van der Waals surface area contributed by atoms with Crippen LogP contribution in [0.25, 0.3) is 0 Å². The van der Waals surface area contributed by atoms with Gasteiger partial charge in [-0.25, -0.2) is 0 Å². The average Bonchev–Trinajstić information content (AvgIpc) is 2.53. The second kappa shape index (κ2) is 18.9. The van der Waals surface area contributed by atoms with Crippen LogP contribution in [-0.4, -0.2) is 21.4 Å². The quantitative estimate of drug-likeness (QED) is 0.135. The van der Waals surface area contributed by atoms with Gasteiger partial charge in [-0.3, -0.25) is 0 Å². The normalized spacial score (nSPS) is 12.8. The summed E-state index contributed by atoms with van der Waals surface area (Å²) in [6.07, 6.45) is 22.3. The van der Waals surface area contributed by atoms with Crippen molar-refractivity contribution in [3.05, 3.63) is 0 Å². The van der Waals surface area contributed by atoms with Gasteiger partial charge in [-0.2, -0.15) is 0 Å². The Hall–Kier alpha value is 0.170. The lowest BCUT2D eigenvalue weighted by Gasteiger charge is -2.21. The van der Waals surface area contributed by atoms with Crippen molar-refractivity contribution in [2.45, 2.75) is 134 Å². The van der Waals surface area contributed by atoms with Gasteiger partial charge in [0.1, 0.15) is 0 Å². The Labute approximate surface area is 162 Å². The molecular formula is C21H46ClNO2. The van der Waals surface area contributed by atoms with Gasteiger partial charge >= 0.3 is 0 Å². The molecule has 0 radical (unpaired) electrons. The van der Waals surface area contributed by atoms with Gasteiger partial charge in [-0.1, -0.05) is 110 Å². The number of alkyl halides is 1. The van der Waals surface area contributed by atoms with Gasteiger partial charge in [-0.05, 0) is 13.3 Å². The zero-order valence-corrected chi connectivity index (χ0v) is 17.8. The number of unbranched alkanes of at least 4 members (excludes halogenated alkanes) is 15. The lowest BCUT2D eigenvalue weighted by atomic mass is 10.0. The molecule has 0 heterocycles. The highest BCUT2D eigenvalue weighted by Crippen LogP contribution is 2.20. The molecular weight excluding hydrogens is 334 g/mol.